The van der Waals surface area contributed by atoms with Gasteiger partial charge in [-0.25, -0.2) is 0 Å². The van der Waals surface area contributed by atoms with Crippen LogP contribution in [0, 0.1) is 7.14 Å². The zero-order valence-corrected chi connectivity index (χ0v) is 14.4. The summed E-state index contributed by atoms with van der Waals surface area (Å²) in [4.78, 5) is 0. The number of methoxy groups -OCH3 is 2. The van der Waals surface area contributed by atoms with Gasteiger partial charge in [-0.3, -0.25) is 0 Å². The molecule has 18 heavy (non-hydrogen) atoms. The number of halogens is 2. The van der Waals surface area contributed by atoms with Gasteiger partial charge in [0.05, 0.1) is 17.8 Å². The van der Waals surface area contributed by atoms with E-state index in [1.165, 1.54) is 0 Å². The third kappa shape index (κ3) is 2.59. The smallest absolute Gasteiger partial charge is 0.175 e. The molecule has 2 rings (SSSR count). The largest absolute Gasteiger partial charge is 0.492 e. The number of hydrogen-bond donors (Lipinski definition) is 0. The molecule has 2 nitrogen and oxygen atoms in total. The third-order valence-corrected chi connectivity index (χ3v) is 5.58. The molecule has 0 aliphatic carbocycles. The van der Waals surface area contributed by atoms with Crippen LogP contribution in [0.2, 0.25) is 0 Å². The summed E-state index contributed by atoms with van der Waals surface area (Å²) in [5, 5.41) is 0. The van der Waals surface area contributed by atoms with Crippen molar-refractivity contribution in [3.63, 3.8) is 0 Å². The van der Waals surface area contributed by atoms with Gasteiger partial charge in [0.2, 0.25) is 0 Å². The Labute approximate surface area is 134 Å². The molecule has 0 spiro atoms. The molecule has 0 aliphatic rings. The highest BCUT2D eigenvalue weighted by Crippen LogP contribution is 2.43. The highest BCUT2D eigenvalue weighted by atomic mass is 127. The first kappa shape index (κ1) is 13.9. The fraction of sp³-hybridized carbons (Fsp3) is 0.143. The van der Waals surface area contributed by atoms with Gasteiger partial charge in [-0.1, -0.05) is 30.3 Å². The Morgan fingerprint density at radius 2 is 1.50 bits per heavy atom. The Morgan fingerprint density at radius 3 is 2.06 bits per heavy atom. The lowest BCUT2D eigenvalue weighted by molar-refractivity contribution is 0.353. The van der Waals surface area contributed by atoms with Crippen molar-refractivity contribution in [1.82, 2.24) is 0 Å². The first-order chi connectivity index (χ1) is 8.69. The van der Waals surface area contributed by atoms with Crippen LogP contribution < -0.4 is 9.47 Å². The summed E-state index contributed by atoms with van der Waals surface area (Å²) in [5.74, 6) is 1.58. The van der Waals surface area contributed by atoms with Gasteiger partial charge in [0.25, 0.3) is 0 Å². The van der Waals surface area contributed by atoms with Gasteiger partial charge < -0.3 is 9.47 Å². The van der Waals surface area contributed by atoms with E-state index in [4.69, 9.17) is 9.47 Å². The molecule has 2 aromatic carbocycles. The van der Waals surface area contributed by atoms with Crippen molar-refractivity contribution in [3.8, 4) is 22.6 Å². The normalized spacial score (nSPS) is 10.2. The molecule has 0 radical (unpaired) electrons. The summed E-state index contributed by atoms with van der Waals surface area (Å²) in [6, 6.07) is 12.3. The molecule has 0 saturated carbocycles. The highest BCUT2D eigenvalue weighted by molar-refractivity contribution is 14.1. The lowest BCUT2D eigenvalue weighted by Crippen LogP contribution is -1.98. The van der Waals surface area contributed by atoms with E-state index < -0.39 is 0 Å². The standard InChI is InChI=1S/C14H12I2O2/c1-17-13-10(9-6-4-3-5-7-9)8-11(15)12(16)14(13)18-2/h3-8H,1-2H3. The van der Waals surface area contributed by atoms with E-state index in [9.17, 15) is 0 Å². The molecule has 0 aliphatic heterocycles. The van der Waals surface area contributed by atoms with Crippen LogP contribution in [0.5, 0.6) is 11.5 Å². The number of hydrogen-bond acceptors (Lipinski definition) is 2. The maximum atomic E-state index is 5.52. The second-order valence-corrected chi connectivity index (χ2v) is 5.89. The lowest BCUT2D eigenvalue weighted by atomic mass is 10.0. The molecular formula is C14H12I2O2. The first-order valence-electron chi connectivity index (χ1n) is 5.34. The van der Waals surface area contributed by atoms with Gasteiger partial charge in [-0.05, 0) is 56.8 Å². The molecule has 0 aromatic heterocycles. The average Bonchev–Trinajstić information content (AvgIpc) is 2.42. The van der Waals surface area contributed by atoms with Gasteiger partial charge in [0, 0.05) is 9.13 Å². The molecule has 0 heterocycles. The molecular weight excluding hydrogens is 454 g/mol. The van der Waals surface area contributed by atoms with Crippen molar-refractivity contribution < 1.29 is 9.47 Å². The van der Waals surface area contributed by atoms with Gasteiger partial charge >= 0.3 is 0 Å². The Morgan fingerprint density at radius 1 is 0.889 bits per heavy atom. The molecule has 4 heteroatoms. The quantitative estimate of drug-likeness (QED) is 0.618. The molecule has 0 fully saturated rings. The molecule has 2 aromatic rings. The predicted octanol–water partition coefficient (Wildman–Crippen LogP) is 4.58. The fourth-order valence-corrected chi connectivity index (χ4v) is 2.98. The van der Waals surface area contributed by atoms with Crippen LogP contribution >= 0.6 is 45.2 Å². The minimum atomic E-state index is 0.786. The second kappa shape index (κ2) is 6.10. The number of rotatable bonds is 3. The molecule has 0 amide bonds. The van der Waals surface area contributed by atoms with E-state index >= 15 is 0 Å². The van der Waals surface area contributed by atoms with Gasteiger partial charge in [-0.15, -0.1) is 0 Å². The SMILES string of the molecule is COc1c(-c2ccccc2)cc(I)c(I)c1OC. The summed E-state index contributed by atoms with van der Waals surface area (Å²) in [6.45, 7) is 0. The van der Waals surface area contributed by atoms with Crippen LogP contribution in [0.1, 0.15) is 0 Å². The third-order valence-electron chi connectivity index (χ3n) is 2.62. The average molecular weight is 466 g/mol. The Kier molecular flexibility index (Phi) is 4.71. The number of benzene rings is 2. The van der Waals surface area contributed by atoms with Gasteiger partial charge in [0.15, 0.2) is 11.5 Å². The maximum Gasteiger partial charge on any atom is 0.175 e. The molecule has 0 saturated heterocycles. The van der Waals surface area contributed by atoms with Crippen molar-refractivity contribution >= 4 is 45.2 Å². The zero-order chi connectivity index (χ0) is 13.1. The summed E-state index contributed by atoms with van der Waals surface area (Å²) in [5.41, 5.74) is 2.18. The van der Waals surface area contributed by atoms with Crippen LogP contribution in [0.3, 0.4) is 0 Å². The van der Waals surface area contributed by atoms with Crippen LogP contribution in [-0.2, 0) is 0 Å². The van der Waals surface area contributed by atoms with Crippen molar-refractivity contribution in [2.45, 2.75) is 0 Å². The van der Waals surface area contributed by atoms with Crippen LogP contribution in [0.15, 0.2) is 36.4 Å². The van der Waals surface area contributed by atoms with E-state index in [0.717, 1.165) is 29.8 Å². The topological polar surface area (TPSA) is 18.5 Å². The fourth-order valence-electron chi connectivity index (χ4n) is 1.80. The summed E-state index contributed by atoms with van der Waals surface area (Å²) in [6.07, 6.45) is 0. The van der Waals surface area contributed by atoms with Crippen LogP contribution in [0.4, 0.5) is 0 Å². The van der Waals surface area contributed by atoms with E-state index in [0.29, 0.717) is 0 Å². The molecule has 0 atom stereocenters. The van der Waals surface area contributed by atoms with E-state index in [1.54, 1.807) is 14.2 Å². The zero-order valence-electron chi connectivity index (χ0n) is 10.0. The van der Waals surface area contributed by atoms with Crippen molar-refractivity contribution in [2.75, 3.05) is 14.2 Å². The minimum absolute atomic E-state index is 0.786. The van der Waals surface area contributed by atoms with Crippen molar-refractivity contribution in [3.05, 3.63) is 43.5 Å². The molecule has 94 valence electrons. The molecule has 0 bridgehead atoms. The van der Waals surface area contributed by atoms with Crippen LogP contribution in [0.25, 0.3) is 11.1 Å². The van der Waals surface area contributed by atoms with E-state index in [1.807, 2.05) is 18.2 Å². The van der Waals surface area contributed by atoms with Gasteiger partial charge in [-0.2, -0.15) is 0 Å². The minimum Gasteiger partial charge on any atom is -0.492 e. The second-order valence-electron chi connectivity index (χ2n) is 3.65. The van der Waals surface area contributed by atoms with Crippen LogP contribution in [-0.4, -0.2) is 14.2 Å². The predicted molar refractivity (Wildman–Crippen MR) is 90.4 cm³/mol. The molecule has 0 N–H and O–H groups in total. The Bertz CT molecular complexity index is 553. The lowest BCUT2D eigenvalue weighted by Gasteiger charge is -2.15. The monoisotopic (exact) mass is 466 g/mol. The molecule has 0 unspecified atom stereocenters. The Balaban J connectivity index is 2.71. The van der Waals surface area contributed by atoms with Crippen molar-refractivity contribution in [1.29, 1.82) is 0 Å². The summed E-state index contributed by atoms with van der Waals surface area (Å²) < 4.78 is 13.2. The highest BCUT2D eigenvalue weighted by Gasteiger charge is 2.17. The maximum absolute atomic E-state index is 5.52. The first-order valence-corrected chi connectivity index (χ1v) is 7.50. The van der Waals surface area contributed by atoms with Gasteiger partial charge in [0.1, 0.15) is 0 Å². The van der Waals surface area contributed by atoms with E-state index in [-0.39, 0.29) is 0 Å². The summed E-state index contributed by atoms with van der Waals surface area (Å²) in [7, 11) is 3.35. The Hall–Kier alpha value is -0.500. The summed E-state index contributed by atoms with van der Waals surface area (Å²) >= 11 is 4.59. The van der Waals surface area contributed by atoms with E-state index in [2.05, 4.69) is 63.4 Å². The van der Waals surface area contributed by atoms with Crippen molar-refractivity contribution in [2.24, 2.45) is 0 Å². The number of ether oxygens (including phenoxy) is 2.